The van der Waals surface area contributed by atoms with Crippen molar-refractivity contribution in [3.8, 4) is 0 Å². The van der Waals surface area contributed by atoms with Gasteiger partial charge in [-0.2, -0.15) is 0 Å². The molecule has 3 heteroatoms. The Hall–Kier alpha value is -0.150. The predicted molar refractivity (Wildman–Crippen MR) is 41.6 cm³/mol. The molecule has 1 rings (SSSR count). The molecule has 0 unspecified atom stereocenters. The molecule has 47 valence electrons. The summed E-state index contributed by atoms with van der Waals surface area (Å²) in [5, 5.41) is 0. The monoisotopic (exact) mass is 203 g/mol. The van der Waals surface area contributed by atoms with E-state index >= 15 is 0 Å². The van der Waals surface area contributed by atoms with E-state index in [9.17, 15) is 4.79 Å². The fraction of sp³-hybridized carbons (Fsp3) is 0.167. The highest BCUT2D eigenvalue weighted by Crippen LogP contribution is 2.25. The van der Waals surface area contributed by atoms with Crippen LogP contribution in [-0.4, -0.2) is 6.29 Å². The Morgan fingerprint density at radius 3 is 2.67 bits per heavy atom. The van der Waals surface area contributed by atoms with Gasteiger partial charge in [0, 0.05) is 0 Å². The van der Waals surface area contributed by atoms with Gasteiger partial charge in [-0.05, 0) is 34.5 Å². The van der Waals surface area contributed by atoms with Gasteiger partial charge in [0.2, 0.25) is 6.29 Å². The maximum absolute atomic E-state index is 10.0. The van der Waals surface area contributed by atoms with Gasteiger partial charge in [-0.15, -0.1) is 11.3 Å². The van der Waals surface area contributed by atoms with Crippen molar-refractivity contribution in [3.63, 3.8) is 0 Å². The highest BCUT2D eigenvalue weighted by molar-refractivity contribution is 9.11. The number of rotatable bonds is 1. The van der Waals surface area contributed by atoms with Crippen molar-refractivity contribution in [2.45, 2.75) is 6.92 Å². The molecule has 0 atom stereocenters. The lowest BCUT2D eigenvalue weighted by molar-refractivity contribution is 0.563. The summed E-state index contributed by atoms with van der Waals surface area (Å²) in [4.78, 5) is 10.7. The van der Waals surface area contributed by atoms with E-state index < -0.39 is 0 Å². The van der Waals surface area contributed by atoms with Crippen LogP contribution in [0.4, 0.5) is 0 Å². The van der Waals surface area contributed by atoms with Gasteiger partial charge in [0.25, 0.3) is 0 Å². The molecule has 1 aromatic heterocycles. The van der Waals surface area contributed by atoms with E-state index in [1.807, 2.05) is 19.3 Å². The first-order valence-electron chi connectivity index (χ1n) is 2.38. The predicted octanol–water partition coefficient (Wildman–Crippen LogP) is 2.28. The average Bonchev–Trinajstić information content (AvgIpc) is 2.13. The molecule has 0 saturated carbocycles. The molecule has 9 heavy (non-hydrogen) atoms. The molecular formula is C6H4BrOS. The van der Waals surface area contributed by atoms with E-state index in [0.29, 0.717) is 4.88 Å². The van der Waals surface area contributed by atoms with Crippen LogP contribution >= 0.6 is 27.3 Å². The Morgan fingerprint density at radius 1 is 1.78 bits per heavy atom. The lowest BCUT2D eigenvalue weighted by atomic mass is 10.3. The average molecular weight is 204 g/mol. The molecule has 0 amide bonds. The first kappa shape index (κ1) is 6.96. The van der Waals surface area contributed by atoms with Crippen LogP contribution in [0.2, 0.25) is 0 Å². The third kappa shape index (κ3) is 1.40. The number of hydrogen-bond acceptors (Lipinski definition) is 2. The normalized spacial score (nSPS) is 9.56. The van der Waals surface area contributed by atoms with Crippen molar-refractivity contribution in [1.82, 2.24) is 0 Å². The minimum atomic E-state index is 0.652. The summed E-state index contributed by atoms with van der Waals surface area (Å²) in [5.41, 5.74) is 1.10. The topological polar surface area (TPSA) is 17.1 Å². The molecule has 1 heterocycles. The fourth-order valence-corrected chi connectivity index (χ4v) is 1.84. The molecule has 0 spiro atoms. The molecule has 0 aliphatic heterocycles. The van der Waals surface area contributed by atoms with Crippen molar-refractivity contribution >= 4 is 33.6 Å². The summed E-state index contributed by atoms with van der Waals surface area (Å²) >= 11 is 4.70. The Kier molecular flexibility index (Phi) is 2.03. The fourth-order valence-electron chi connectivity index (χ4n) is 0.510. The largest absolute Gasteiger partial charge is 0.284 e. The molecule has 0 aliphatic carbocycles. The quantitative estimate of drug-likeness (QED) is 0.685. The molecule has 1 aromatic rings. The van der Waals surface area contributed by atoms with E-state index in [-0.39, 0.29) is 0 Å². The molecule has 1 nitrogen and oxygen atoms in total. The van der Waals surface area contributed by atoms with Crippen molar-refractivity contribution in [2.24, 2.45) is 0 Å². The minimum absolute atomic E-state index is 0.652. The first-order valence-corrected chi connectivity index (χ1v) is 3.99. The Bertz CT molecular complexity index is 209. The SMILES string of the molecule is Cc1cc([C]=O)sc1Br. The van der Waals surface area contributed by atoms with Crippen LogP contribution in [0, 0.1) is 6.92 Å². The molecular weight excluding hydrogens is 200 g/mol. The molecule has 0 fully saturated rings. The van der Waals surface area contributed by atoms with Crippen LogP contribution in [-0.2, 0) is 4.79 Å². The third-order valence-corrected chi connectivity index (χ3v) is 2.99. The number of thiophene rings is 1. The molecule has 0 bridgehead atoms. The highest BCUT2D eigenvalue weighted by atomic mass is 79.9. The van der Waals surface area contributed by atoms with E-state index in [0.717, 1.165) is 9.35 Å². The first-order chi connectivity index (χ1) is 4.24. The van der Waals surface area contributed by atoms with Crippen LogP contribution in [0.5, 0.6) is 0 Å². The van der Waals surface area contributed by atoms with Gasteiger partial charge in [-0.3, -0.25) is 4.79 Å². The summed E-state index contributed by atoms with van der Waals surface area (Å²) in [6.45, 7) is 1.95. The Balaban J connectivity index is 3.11. The minimum Gasteiger partial charge on any atom is -0.284 e. The van der Waals surface area contributed by atoms with Gasteiger partial charge in [0.1, 0.15) is 0 Å². The van der Waals surface area contributed by atoms with Crippen molar-refractivity contribution in [2.75, 3.05) is 0 Å². The smallest absolute Gasteiger partial charge is 0.244 e. The number of aryl methyl sites for hydroxylation is 1. The summed E-state index contributed by atoms with van der Waals surface area (Å²) in [5.74, 6) is 0. The zero-order chi connectivity index (χ0) is 6.85. The van der Waals surface area contributed by atoms with E-state index in [4.69, 9.17) is 0 Å². The summed E-state index contributed by atoms with van der Waals surface area (Å²) in [6, 6.07) is 1.81. The second-order valence-corrected chi connectivity index (χ2v) is 4.04. The third-order valence-electron chi connectivity index (χ3n) is 0.958. The van der Waals surface area contributed by atoms with E-state index in [1.165, 1.54) is 11.3 Å². The van der Waals surface area contributed by atoms with Gasteiger partial charge < -0.3 is 0 Å². The lowest BCUT2D eigenvalue weighted by Gasteiger charge is -1.77. The number of halogens is 1. The van der Waals surface area contributed by atoms with E-state index in [1.54, 1.807) is 0 Å². The van der Waals surface area contributed by atoms with Crippen LogP contribution in [0.3, 0.4) is 0 Å². The molecule has 0 N–H and O–H groups in total. The van der Waals surface area contributed by atoms with Gasteiger partial charge in [0.15, 0.2) is 0 Å². The van der Waals surface area contributed by atoms with Crippen molar-refractivity contribution in [3.05, 3.63) is 20.3 Å². The lowest BCUT2D eigenvalue weighted by Crippen LogP contribution is -1.65. The van der Waals surface area contributed by atoms with Crippen LogP contribution in [0.25, 0.3) is 0 Å². The van der Waals surface area contributed by atoms with Crippen LogP contribution in [0.15, 0.2) is 9.85 Å². The summed E-state index contributed by atoms with van der Waals surface area (Å²) < 4.78 is 1.01. The Labute approximate surface area is 65.8 Å². The molecule has 0 aromatic carbocycles. The van der Waals surface area contributed by atoms with Crippen molar-refractivity contribution in [1.29, 1.82) is 0 Å². The standard InChI is InChI=1S/C6H4BrOS/c1-4-2-5(3-8)9-6(4)7/h2H,1H3. The van der Waals surface area contributed by atoms with Crippen LogP contribution < -0.4 is 0 Å². The van der Waals surface area contributed by atoms with Crippen LogP contribution in [0.1, 0.15) is 10.4 Å². The van der Waals surface area contributed by atoms with Gasteiger partial charge >= 0.3 is 0 Å². The molecule has 0 saturated heterocycles. The molecule has 1 radical (unpaired) electrons. The summed E-state index contributed by atoms with van der Waals surface area (Å²) in [6.07, 6.45) is 1.83. The van der Waals surface area contributed by atoms with Crippen molar-refractivity contribution < 1.29 is 4.79 Å². The van der Waals surface area contributed by atoms with Gasteiger partial charge in [0.05, 0.1) is 8.66 Å². The maximum atomic E-state index is 10.0. The zero-order valence-electron chi connectivity index (χ0n) is 4.77. The zero-order valence-corrected chi connectivity index (χ0v) is 7.17. The summed E-state index contributed by atoms with van der Waals surface area (Å²) in [7, 11) is 0. The maximum Gasteiger partial charge on any atom is 0.244 e. The number of carbonyl (C=O) groups excluding carboxylic acids is 1. The number of hydrogen-bond donors (Lipinski definition) is 0. The molecule has 0 aliphatic rings. The van der Waals surface area contributed by atoms with Gasteiger partial charge in [-0.1, -0.05) is 0 Å². The van der Waals surface area contributed by atoms with Gasteiger partial charge in [-0.25, -0.2) is 0 Å². The van der Waals surface area contributed by atoms with E-state index in [2.05, 4.69) is 15.9 Å². The second-order valence-electron chi connectivity index (χ2n) is 1.67. The highest BCUT2D eigenvalue weighted by Gasteiger charge is 2.00. The second kappa shape index (κ2) is 2.62. The Morgan fingerprint density at radius 2 is 2.44 bits per heavy atom.